The summed E-state index contributed by atoms with van der Waals surface area (Å²) >= 11 is 7.71. The second kappa shape index (κ2) is 11.8. The van der Waals surface area contributed by atoms with Gasteiger partial charge in [-0.3, -0.25) is 9.59 Å². The summed E-state index contributed by atoms with van der Waals surface area (Å²) in [6, 6.07) is 16.1. The van der Waals surface area contributed by atoms with Gasteiger partial charge in [-0.05, 0) is 71.8 Å². The van der Waals surface area contributed by atoms with Crippen molar-refractivity contribution in [2.75, 3.05) is 33.4 Å². The first kappa shape index (κ1) is 26.0. The van der Waals surface area contributed by atoms with E-state index in [0.29, 0.717) is 41.8 Å². The Labute approximate surface area is 221 Å². The summed E-state index contributed by atoms with van der Waals surface area (Å²) in [7, 11) is 1.57. The van der Waals surface area contributed by atoms with Gasteiger partial charge in [0.1, 0.15) is 24.7 Å². The molecule has 0 fully saturated rings. The first-order valence-electron chi connectivity index (χ1n) is 12.0. The molecule has 1 atom stereocenters. The van der Waals surface area contributed by atoms with Crippen molar-refractivity contribution in [1.29, 1.82) is 0 Å². The Kier molecular flexibility index (Phi) is 8.54. The quantitative estimate of drug-likeness (QED) is 0.358. The predicted molar refractivity (Wildman–Crippen MR) is 143 cm³/mol. The molecule has 0 radical (unpaired) electrons. The number of fused-ring (bicyclic) bond motifs is 1. The van der Waals surface area contributed by atoms with Crippen LogP contribution in [0.5, 0.6) is 11.5 Å². The lowest BCUT2D eigenvalue weighted by atomic mass is 10.00. The van der Waals surface area contributed by atoms with E-state index in [-0.39, 0.29) is 30.3 Å². The molecule has 190 valence electrons. The third kappa shape index (κ3) is 6.20. The molecule has 1 aliphatic rings. The summed E-state index contributed by atoms with van der Waals surface area (Å²) in [6.45, 7) is 5.47. The van der Waals surface area contributed by atoms with E-state index in [4.69, 9.17) is 21.1 Å². The van der Waals surface area contributed by atoms with Crippen molar-refractivity contribution < 1.29 is 19.1 Å². The molecule has 2 heterocycles. The van der Waals surface area contributed by atoms with Gasteiger partial charge in [-0.1, -0.05) is 31.5 Å². The van der Waals surface area contributed by atoms with Gasteiger partial charge in [0, 0.05) is 28.6 Å². The van der Waals surface area contributed by atoms with E-state index in [9.17, 15) is 9.59 Å². The number of carbonyl (C=O) groups excluding carboxylic acids is 2. The molecule has 6 nitrogen and oxygen atoms in total. The summed E-state index contributed by atoms with van der Waals surface area (Å²) in [5, 5.41) is 2.70. The maximum Gasteiger partial charge on any atom is 0.254 e. The number of thiophene rings is 1. The van der Waals surface area contributed by atoms with Gasteiger partial charge in [0.15, 0.2) is 0 Å². The molecular weight excluding hydrogens is 496 g/mol. The van der Waals surface area contributed by atoms with Crippen molar-refractivity contribution >= 4 is 34.8 Å². The zero-order chi connectivity index (χ0) is 25.7. The highest BCUT2D eigenvalue weighted by atomic mass is 35.5. The molecule has 0 saturated heterocycles. The van der Waals surface area contributed by atoms with E-state index < -0.39 is 0 Å². The molecule has 0 spiro atoms. The number of carbonyl (C=O) groups is 2. The normalized spacial score (nSPS) is 14.9. The van der Waals surface area contributed by atoms with Crippen molar-refractivity contribution in [3.63, 3.8) is 0 Å². The molecule has 2 aromatic carbocycles. The maximum absolute atomic E-state index is 13.7. The number of nitrogens with zero attached hydrogens (tertiary/aromatic N) is 2. The average molecular weight is 527 g/mol. The Morgan fingerprint density at radius 1 is 1.14 bits per heavy atom. The Balaban J connectivity index is 1.53. The van der Waals surface area contributed by atoms with Crippen LogP contribution in [0.25, 0.3) is 0 Å². The lowest BCUT2D eigenvalue weighted by Crippen LogP contribution is -2.48. The van der Waals surface area contributed by atoms with Crippen LogP contribution in [0.2, 0.25) is 5.02 Å². The minimum absolute atomic E-state index is 0.00510. The van der Waals surface area contributed by atoms with E-state index in [0.717, 1.165) is 12.0 Å². The highest BCUT2D eigenvalue weighted by molar-refractivity contribution is 7.10. The fourth-order valence-electron chi connectivity index (χ4n) is 4.43. The van der Waals surface area contributed by atoms with Gasteiger partial charge >= 0.3 is 0 Å². The number of ether oxygens (including phenoxy) is 2. The molecule has 0 unspecified atom stereocenters. The first-order valence-corrected chi connectivity index (χ1v) is 13.3. The van der Waals surface area contributed by atoms with Crippen molar-refractivity contribution in [2.24, 2.45) is 5.92 Å². The largest absolute Gasteiger partial charge is 0.497 e. The zero-order valence-electron chi connectivity index (χ0n) is 20.8. The van der Waals surface area contributed by atoms with Gasteiger partial charge in [0.2, 0.25) is 5.91 Å². The number of halogens is 1. The molecule has 1 aromatic heterocycles. The average Bonchev–Trinajstić information content (AvgIpc) is 3.36. The fraction of sp³-hybridized carbons (Fsp3) is 0.357. The number of methoxy groups -OCH3 is 1. The molecule has 0 bridgehead atoms. The number of amides is 2. The van der Waals surface area contributed by atoms with E-state index in [1.807, 2.05) is 30.9 Å². The molecule has 2 amide bonds. The van der Waals surface area contributed by atoms with Crippen molar-refractivity contribution in [2.45, 2.75) is 26.3 Å². The molecule has 1 aliphatic heterocycles. The summed E-state index contributed by atoms with van der Waals surface area (Å²) in [5.41, 5.74) is 1.62. The van der Waals surface area contributed by atoms with Crippen molar-refractivity contribution in [3.05, 3.63) is 81.0 Å². The predicted octanol–water partition coefficient (Wildman–Crippen LogP) is 5.71. The zero-order valence-corrected chi connectivity index (χ0v) is 22.3. The summed E-state index contributed by atoms with van der Waals surface area (Å²) in [4.78, 5) is 31.9. The van der Waals surface area contributed by atoms with Crippen LogP contribution in [0.15, 0.2) is 60.0 Å². The third-order valence-electron chi connectivity index (χ3n) is 6.15. The molecule has 8 heteroatoms. The molecule has 0 aliphatic carbocycles. The number of hydrogen-bond donors (Lipinski definition) is 0. The molecule has 3 aromatic rings. The van der Waals surface area contributed by atoms with Gasteiger partial charge in [0.05, 0.1) is 13.2 Å². The summed E-state index contributed by atoms with van der Waals surface area (Å²) < 4.78 is 11.4. The van der Waals surface area contributed by atoms with E-state index in [1.165, 1.54) is 4.88 Å². The maximum atomic E-state index is 13.7. The molecule has 4 rings (SSSR count). The monoisotopic (exact) mass is 526 g/mol. The van der Waals surface area contributed by atoms with Crippen LogP contribution >= 0.6 is 22.9 Å². The van der Waals surface area contributed by atoms with Crippen LogP contribution in [0.3, 0.4) is 0 Å². The van der Waals surface area contributed by atoms with Crippen LogP contribution in [-0.4, -0.2) is 55.0 Å². The number of benzene rings is 2. The second-order valence-electron chi connectivity index (χ2n) is 9.23. The fourth-order valence-corrected chi connectivity index (χ4v) is 5.49. The molecular formula is C28H31ClN2O4S. The van der Waals surface area contributed by atoms with Crippen LogP contribution in [0.1, 0.15) is 40.7 Å². The van der Waals surface area contributed by atoms with Crippen LogP contribution in [0, 0.1) is 5.92 Å². The lowest BCUT2D eigenvalue weighted by Gasteiger charge is -2.37. The second-order valence-corrected chi connectivity index (χ2v) is 10.7. The summed E-state index contributed by atoms with van der Waals surface area (Å²) in [6.07, 6.45) is 0.796. The summed E-state index contributed by atoms with van der Waals surface area (Å²) in [5.74, 6) is 1.24. The molecule has 36 heavy (non-hydrogen) atoms. The molecule has 0 N–H and O–H groups in total. The Hall–Kier alpha value is -3.03. The smallest absolute Gasteiger partial charge is 0.254 e. The van der Waals surface area contributed by atoms with Crippen molar-refractivity contribution in [3.8, 4) is 11.5 Å². The standard InChI is InChI=1S/C28H31ClN2O4S/c1-19(2)16-30(28(33)20-5-4-6-23(15-20)34-3)17-27(32)31-13-11-26-24(12-14-36-26)25(31)18-35-22-9-7-21(29)8-10-22/h4-10,12,14-15,19,25H,11,13,16-18H2,1-3H3/t25-/m0/s1. The Morgan fingerprint density at radius 3 is 2.64 bits per heavy atom. The van der Waals surface area contributed by atoms with Crippen LogP contribution < -0.4 is 9.47 Å². The highest BCUT2D eigenvalue weighted by Gasteiger charge is 2.33. The van der Waals surface area contributed by atoms with Crippen LogP contribution in [0.4, 0.5) is 0 Å². The lowest BCUT2D eigenvalue weighted by molar-refractivity contribution is -0.135. The van der Waals surface area contributed by atoms with E-state index in [2.05, 4.69) is 11.4 Å². The molecule has 0 saturated carbocycles. The SMILES string of the molecule is COc1cccc(C(=O)N(CC(=O)N2CCc3sccc3[C@@H]2COc2ccc(Cl)cc2)CC(C)C)c1. The van der Waals surface area contributed by atoms with Crippen LogP contribution in [-0.2, 0) is 11.2 Å². The van der Waals surface area contributed by atoms with E-state index in [1.54, 1.807) is 59.7 Å². The minimum atomic E-state index is -0.226. The van der Waals surface area contributed by atoms with Gasteiger partial charge in [0.25, 0.3) is 5.91 Å². The highest BCUT2D eigenvalue weighted by Crippen LogP contribution is 2.34. The number of rotatable bonds is 9. The Morgan fingerprint density at radius 2 is 1.92 bits per heavy atom. The Bertz CT molecular complexity index is 1190. The van der Waals surface area contributed by atoms with Crippen molar-refractivity contribution in [1.82, 2.24) is 9.80 Å². The minimum Gasteiger partial charge on any atom is -0.497 e. The third-order valence-corrected chi connectivity index (χ3v) is 7.40. The van der Waals surface area contributed by atoms with Gasteiger partial charge in [-0.2, -0.15) is 0 Å². The van der Waals surface area contributed by atoms with Gasteiger partial charge in [-0.25, -0.2) is 0 Å². The van der Waals surface area contributed by atoms with Gasteiger partial charge in [-0.15, -0.1) is 11.3 Å². The topological polar surface area (TPSA) is 59.1 Å². The van der Waals surface area contributed by atoms with Gasteiger partial charge < -0.3 is 19.3 Å². The number of hydrogen-bond acceptors (Lipinski definition) is 5. The first-order chi connectivity index (χ1) is 17.4. The van der Waals surface area contributed by atoms with E-state index >= 15 is 0 Å².